The first kappa shape index (κ1) is 22.0. The Labute approximate surface area is 190 Å². The minimum Gasteiger partial charge on any atom is -0.497 e. The second-order valence-electron chi connectivity index (χ2n) is 7.27. The Kier molecular flexibility index (Phi) is 6.37. The topological polar surface area (TPSA) is 99.7 Å². The standard InChI is InChI=1S/C25H23N3O5/c1-32-21-11-5-17(6-12-21)23-24(18-7-13-22(33-2)14-8-18)27(15-16-29)25(26-23)19-3-9-20(10-4-19)28(30)31/h3-14,29H,15-16H2,1-2H3. The SMILES string of the molecule is COc1ccc(-c2nc(-c3ccc([N+](=O)[O-])cc3)n(CCO)c2-c2ccc(OC)cc2)cc1. The molecule has 0 saturated heterocycles. The number of non-ortho nitro benzene ring substituents is 1. The van der Waals surface area contributed by atoms with Crippen LogP contribution in [0.5, 0.6) is 11.5 Å². The van der Waals surface area contributed by atoms with E-state index in [1.165, 1.54) is 12.1 Å². The van der Waals surface area contributed by atoms with Crippen molar-refractivity contribution in [2.75, 3.05) is 20.8 Å². The first-order valence-corrected chi connectivity index (χ1v) is 10.3. The zero-order chi connectivity index (χ0) is 23.4. The van der Waals surface area contributed by atoms with Gasteiger partial charge in [-0.05, 0) is 60.7 Å². The summed E-state index contributed by atoms with van der Waals surface area (Å²) in [6.07, 6.45) is 0. The van der Waals surface area contributed by atoms with E-state index in [1.54, 1.807) is 26.4 Å². The van der Waals surface area contributed by atoms with E-state index in [2.05, 4.69) is 0 Å². The fourth-order valence-electron chi connectivity index (χ4n) is 3.71. The third-order valence-electron chi connectivity index (χ3n) is 5.35. The van der Waals surface area contributed by atoms with Crippen molar-refractivity contribution in [2.45, 2.75) is 6.54 Å². The van der Waals surface area contributed by atoms with Gasteiger partial charge in [0.25, 0.3) is 5.69 Å². The molecule has 0 aliphatic carbocycles. The molecule has 0 atom stereocenters. The van der Waals surface area contributed by atoms with Crippen LogP contribution in [0.4, 0.5) is 5.69 Å². The number of benzene rings is 3. The predicted octanol–water partition coefficient (Wildman–Crippen LogP) is 4.80. The lowest BCUT2D eigenvalue weighted by Crippen LogP contribution is -2.06. The molecule has 0 spiro atoms. The molecule has 168 valence electrons. The highest BCUT2D eigenvalue weighted by atomic mass is 16.6. The summed E-state index contributed by atoms with van der Waals surface area (Å²) in [6, 6.07) is 21.5. The number of methoxy groups -OCH3 is 2. The van der Waals surface area contributed by atoms with Gasteiger partial charge in [0.2, 0.25) is 0 Å². The highest BCUT2D eigenvalue weighted by molar-refractivity contribution is 5.82. The minimum atomic E-state index is -0.435. The lowest BCUT2D eigenvalue weighted by atomic mass is 10.0. The van der Waals surface area contributed by atoms with Gasteiger partial charge in [-0.15, -0.1) is 0 Å². The number of aliphatic hydroxyl groups is 1. The van der Waals surface area contributed by atoms with Gasteiger partial charge < -0.3 is 19.1 Å². The molecular weight excluding hydrogens is 422 g/mol. The summed E-state index contributed by atoms with van der Waals surface area (Å²) < 4.78 is 12.5. The van der Waals surface area contributed by atoms with Crippen LogP contribution in [0, 0.1) is 10.1 Å². The number of hydrogen-bond acceptors (Lipinski definition) is 6. The summed E-state index contributed by atoms with van der Waals surface area (Å²) in [7, 11) is 3.22. The molecule has 0 amide bonds. The maximum Gasteiger partial charge on any atom is 0.269 e. The zero-order valence-corrected chi connectivity index (χ0v) is 18.3. The van der Waals surface area contributed by atoms with Crippen LogP contribution in [0.25, 0.3) is 33.9 Å². The Bertz CT molecular complexity index is 1250. The van der Waals surface area contributed by atoms with Gasteiger partial charge in [0.15, 0.2) is 0 Å². The summed E-state index contributed by atoms with van der Waals surface area (Å²) in [4.78, 5) is 15.6. The van der Waals surface area contributed by atoms with Gasteiger partial charge in [-0.1, -0.05) is 0 Å². The molecule has 0 aliphatic rings. The zero-order valence-electron chi connectivity index (χ0n) is 18.3. The molecular formula is C25H23N3O5. The van der Waals surface area contributed by atoms with Gasteiger partial charge in [0.1, 0.15) is 17.3 Å². The van der Waals surface area contributed by atoms with Crippen molar-refractivity contribution < 1.29 is 19.5 Å². The third-order valence-corrected chi connectivity index (χ3v) is 5.35. The first-order valence-electron chi connectivity index (χ1n) is 10.3. The number of imidazole rings is 1. The highest BCUT2D eigenvalue weighted by Crippen LogP contribution is 2.37. The van der Waals surface area contributed by atoms with E-state index in [4.69, 9.17) is 14.5 Å². The van der Waals surface area contributed by atoms with Crippen molar-refractivity contribution in [1.82, 2.24) is 9.55 Å². The number of aliphatic hydroxyl groups excluding tert-OH is 1. The van der Waals surface area contributed by atoms with Crippen LogP contribution in [0.3, 0.4) is 0 Å². The van der Waals surface area contributed by atoms with E-state index in [1.807, 2.05) is 53.1 Å². The average molecular weight is 445 g/mol. The number of nitrogens with zero attached hydrogens (tertiary/aromatic N) is 3. The fraction of sp³-hybridized carbons (Fsp3) is 0.160. The second-order valence-corrected chi connectivity index (χ2v) is 7.27. The van der Waals surface area contributed by atoms with Crippen molar-refractivity contribution in [3.8, 4) is 45.4 Å². The van der Waals surface area contributed by atoms with Crippen molar-refractivity contribution in [3.05, 3.63) is 82.9 Å². The Morgan fingerprint density at radius 1 is 0.848 bits per heavy atom. The quantitative estimate of drug-likeness (QED) is 0.309. The second kappa shape index (κ2) is 9.54. The number of ether oxygens (including phenoxy) is 2. The van der Waals surface area contributed by atoms with E-state index in [9.17, 15) is 15.2 Å². The Hall–Kier alpha value is -4.17. The fourth-order valence-corrected chi connectivity index (χ4v) is 3.71. The van der Waals surface area contributed by atoms with Gasteiger partial charge in [0, 0.05) is 35.4 Å². The molecule has 0 unspecified atom stereocenters. The average Bonchev–Trinajstić information content (AvgIpc) is 3.23. The van der Waals surface area contributed by atoms with E-state index in [-0.39, 0.29) is 12.3 Å². The molecule has 0 bridgehead atoms. The summed E-state index contributed by atoms with van der Waals surface area (Å²) in [6.45, 7) is 0.207. The lowest BCUT2D eigenvalue weighted by molar-refractivity contribution is -0.384. The summed E-state index contributed by atoms with van der Waals surface area (Å²) >= 11 is 0. The number of nitro benzene ring substituents is 1. The monoisotopic (exact) mass is 445 g/mol. The van der Waals surface area contributed by atoms with Crippen LogP contribution >= 0.6 is 0 Å². The minimum absolute atomic E-state index is 0.00442. The van der Waals surface area contributed by atoms with Gasteiger partial charge >= 0.3 is 0 Å². The maximum absolute atomic E-state index is 11.1. The molecule has 4 rings (SSSR count). The number of rotatable bonds is 8. The van der Waals surface area contributed by atoms with Gasteiger partial charge in [-0.3, -0.25) is 10.1 Å². The summed E-state index contributed by atoms with van der Waals surface area (Å²) in [5.41, 5.74) is 4.04. The Morgan fingerprint density at radius 3 is 1.85 bits per heavy atom. The number of aromatic nitrogens is 2. The molecule has 33 heavy (non-hydrogen) atoms. The molecule has 0 fully saturated rings. The molecule has 0 aliphatic heterocycles. The molecule has 3 aromatic carbocycles. The molecule has 1 heterocycles. The van der Waals surface area contributed by atoms with E-state index in [0.717, 1.165) is 34.0 Å². The molecule has 4 aromatic rings. The number of nitro groups is 1. The Balaban J connectivity index is 1.94. The Morgan fingerprint density at radius 2 is 1.36 bits per heavy atom. The summed E-state index contributed by atoms with van der Waals surface area (Å²) in [5.74, 6) is 2.07. The van der Waals surface area contributed by atoms with Crippen LogP contribution in [0.15, 0.2) is 72.8 Å². The third kappa shape index (κ3) is 4.42. The van der Waals surface area contributed by atoms with E-state index < -0.39 is 4.92 Å². The van der Waals surface area contributed by atoms with E-state index in [0.29, 0.717) is 17.9 Å². The molecule has 8 nitrogen and oxygen atoms in total. The molecule has 1 aromatic heterocycles. The van der Waals surface area contributed by atoms with Crippen molar-refractivity contribution in [3.63, 3.8) is 0 Å². The first-order chi connectivity index (χ1) is 16.0. The lowest BCUT2D eigenvalue weighted by Gasteiger charge is -2.13. The summed E-state index contributed by atoms with van der Waals surface area (Å²) in [5, 5.41) is 20.9. The van der Waals surface area contributed by atoms with Gasteiger partial charge in [-0.25, -0.2) is 4.98 Å². The van der Waals surface area contributed by atoms with Crippen LogP contribution < -0.4 is 9.47 Å². The van der Waals surface area contributed by atoms with E-state index >= 15 is 0 Å². The van der Waals surface area contributed by atoms with Crippen LogP contribution in [-0.4, -0.2) is 40.4 Å². The highest BCUT2D eigenvalue weighted by Gasteiger charge is 2.21. The normalized spacial score (nSPS) is 10.8. The van der Waals surface area contributed by atoms with Crippen LogP contribution in [0.2, 0.25) is 0 Å². The largest absolute Gasteiger partial charge is 0.497 e. The van der Waals surface area contributed by atoms with Crippen LogP contribution in [-0.2, 0) is 6.54 Å². The molecule has 1 N–H and O–H groups in total. The van der Waals surface area contributed by atoms with Crippen LogP contribution in [0.1, 0.15) is 0 Å². The van der Waals surface area contributed by atoms with Gasteiger partial charge in [0.05, 0.1) is 37.1 Å². The molecule has 8 heteroatoms. The smallest absolute Gasteiger partial charge is 0.269 e. The molecule has 0 saturated carbocycles. The van der Waals surface area contributed by atoms with Crippen molar-refractivity contribution >= 4 is 5.69 Å². The van der Waals surface area contributed by atoms with Crippen molar-refractivity contribution in [1.29, 1.82) is 0 Å². The van der Waals surface area contributed by atoms with Crippen molar-refractivity contribution in [2.24, 2.45) is 0 Å². The molecule has 0 radical (unpaired) electrons. The maximum atomic E-state index is 11.1. The predicted molar refractivity (Wildman–Crippen MR) is 125 cm³/mol. The number of hydrogen-bond donors (Lipinski definition) is 1. The van der Waals surface area contributed by atoms with Gasteiger partial charge in [-0.2, -0.15) is 0 Å².